The topological polar surface area (TPSA) is 50.7 Å². The SMILES string of the molecule is CCOC(=O)C1C(C)=NNC(C)=C1Cc1c(F)cccc1Cl. The van der Waals surface area contributed by atoms with Crippen LogP contribution in [0.3, 0.4) is 0 Å². The molecule has 1 aromatic rings. The van der Waals surface area contributed by atoms with E-state index >= 15 is 0 Å². The van der Waals surface area contributed by atoms with Crippen molar-refractivity contribution in [1.29, 1.82) is 0 Å². The first-order valence-electron chi connectivity index (χ1n) is 7.05. The van der Waals surface area contributed by atoms with Crippen LogP contribution in [0.5, 0.6) is 0 Å². The van der Waals surface area contributed by atoms with Gasteiger partial charge >= 0.3 is 5.97 Å². The Morgan fingerprint density at radius 1 is 1.45 bits per heavy atom. The standard InChI is InChI=1S/C16H18ClFN2O2/c1-4-22-16(21)15-10(3)20-19-9(2)11(15)8-12-13(17)6-5-7-14(12)18/h5-7,15,19H,4,8H2,1-3H3. The van der Waals surface area contributed by atoms with E-state index in [4.69, 9.17) is 16.3 Å². The van der Waals surface area contributed by atoms with Gasteiger partial charge in [-0.15, -0.1) is 0 Å². The van der Waals surface area contributed by atoms with Gasteiger partial charge in [-0.25, -0.2) is 4.39 Å². The molecule has 1 atom stereocenters. The molecule has 0 radical (unpaired) electrons. The molecular formula is C16H18ClFN2O2. The van der Waals surface area contributed by atoms with Crippen molar-refractivity contribution >= 4 is 23.3 Å². The third kappa shape index (κ3) is 3.30. The van der Waals surface area contributed by atoms with Crippen LogP contribution < -0.4 is 5.43 Å². The lowest BCUT2D eigenvalue weighted by atomic mass is 9.87. The Morgan fingerprint density at radius 2 is 2.18 bits per heavy atom. The number of nitrogens with one attached hydrogen (secondary N) is 1. The van der Waals surface area contributed by atoms with Crippen LogP contribution in [0, 0.1) is 11.7 Å². The lowest BCUT2D eigenvalue weighted by Crippen LogP contribution is -2.34. The van der Waals surface area contributed by atoms with Gasteiger partial charge in [0.1, 0.15) is 11.7 Å². The van der Waals surface area contributed by atoms with Crippen LogP contribution in [-0.2, 0) is 16.0 Å². The summed E-state index contributed by atoms with van der Waals surface area (Å²) in [5, 5.41) is 4.45. The first-order chi connectivity index (χ1) is 10.5. The molecule has 1 aliphatic rings. The normalized spacial score (nSPS) is 17.9. The van der Waals surface area contributed by atoms with Crippen LogP contribution in [0.25, 0.3) is 0 Å². The van der Waals surface area contributed by atoms with Gasteiger partial charge in [0.05, 0.1) is 12.3 Å². The number of nitrogens with zero attached hydrogens (tertiary/aromatic N) is 1. The Kier molecular flexibility index (Phi) is 5.19. The zero-order chi connectivity index (χ0) is 16.3. The van der Waals surface area contributed by atoms with Gasteiger partial charge in [-0.3, -0.25) is 10.2 Å². The zero-order valence-corrected chi connectivity index (χ0v) is 13.5. The number of carbonyl (C=O) groups is 1. The summed E-state index contributed by atoms with van der Waals surface area (Å²) < 4.78 is 19.2. The summed E-state index contributed by atoms with van der Waals surface area (Å²) in [4.78, 5) is 12.2. The molecule has 1 aliphatic heterocycles. The third-order valence-corrected chi connectivity index (χ3v) is 3.95. The number of carbonyl (C=O) groups excluding carboxylic acids is 1. The second kappa shape index (κ2) is 6.92. The van der Waals surface area contributed by atoms with Gasteiger partial charge < -0.3 is 4.74 Å². The molecule has 0 fully saturated rings. The number of hydrogen-bond acceptors (Lipinski definition) is 4. The van der Waals surface area contributed by atoms with E-state index in [0.29, 0.717) is 22.0 Å². The summed E-state index contributed by atoms with van der Waals surface area (Å²) in [5.41, 5.74) is 5.25. The van der Waals surface area contributed by atoms with Crippen LogP contribution in [0.2, 0.25) is 5.02 Å². The lowest BCUT2D eigenvalue weighted by Gasteiger charge is -2.25. The molecule has 1 heterocycles. The number of rotatable bonds is 4. The average Bonchev–Trinajstić information content (AvgIpc) is 2.46. The van der Waals surface area contributed by atoms with Gasteiger partial charge in [0.15, 0.2) is 0 Å². The van der Waals surface area contributed by atoms with E-state index in [1.54, 1.807) is 32.9 Å². The van der Waals surface area contributed by atoms with Gasteiger partial charge in [0.2, 0.25) is 0 Å². The van der Waals surface area contributed by atoms with Crippen molar-refractivity contribution < 1.29 is 13.9 Å². The molecule has 0 spiro atoms. The number of hydrazone groups is 1. The number of allylic oxidation sites excluding steroid dienone is 1. The molecule has 4 nitrogen and oxygen atoms in total. The first-order valence-corrected chi connectivity index (χ1v) is 7.42. The van der Waals surface area contributed by atoms with Crippen molar-refractivity contribution in [3.63, 3.8) is 0 Å². The molecule has 0 saturated heterocycles. The molecule has 0 aliphatic carbocycles. The Labute approximate surface area is 134 Å². The van der Waals surface area contributed by atoms with Crippen LogP contribution in [-0.4, -0.2) is 18.3 Å². The minimum absolute atomic E-state index is 0.223. The van der Waals surface area contributed by atoms with Crippen molar-refractivity contribution in [2.75, 3.05) is 6.61 Å². The second-order valence-corrected chi connectivity index (χ2v) is 5.48. The Hall–Kier alpha value is -1.88. The van der Waals surface area contributed by atoms with Gasteiger partial charge in [0, 0.05) is 22.7 Å². The zero-order valence-electron chi connectivity index (χ0n) is 12.7. The van der Waals surface area contributed by atoms with E-state index in [1.807, 2.05) is 0 Å². The predicted octanol–water partition coefficient (Wildman–Crippen LogP) is 3.45. The molecule has 118 valence electrons. The van der Waals surface area contributed by atoms with E-state index in [-0.39, 0.29) is 19.0 Å². The summed E-state index contributed by atoms with van der Waals surface area (Å²) in [7, 11) is 0. The van der Waals surface area contributed by atoms with Crippen molar-refractivity contribution in [2.24, 2.45) is 11.0 Å². The van der Waals surface area contributed by atoms with Crippen molar-refractivity contribution in [3.05, 3.63) is 45.9 Å². The highest BCUT2D eigenvalue weighted by Gasteiger charge is 2.32. The summed E-state index contributed by atoms with van der Waals surface area (Å²) in [6, 6.07) is 4.54. The third-order valence-electron chi connectivity index (χ3n) is 3.60. The Bertz CT molecular complexity index is 635. The highest BCUT2D eigenvalue weighted by Crippen LogP contribution is 2.29. The quantitative estimate of drug-likeness (QED) is 0.863. The van der Waals surface area contributed by atoms with Gasteiger partial charge in [-0.1, -0.05) is 17.7 Å². The van der Waals surface area contributed by atoms with Gasteiger partial charge in [0.25, 0.3) is 0 Å². The summed E-state index contributed by atoms with van der Waals surface area (Å²) >= 11 is 6.09. The molecule has 0 amide bonds. The molecule has 1 N–H and O–H groups in total. The molecule has 2 rings (SSSR count). The van der Waals surface area contributed by atoms with Crippen LogP contribution in [0.4, 0.5) is 4.39 Å². The minimum atomic E-state index is -0.614. The molecule has 1 unspecified atom stereocenters. The maximum Gasteiger partial charge on any atom is 0.318 e. The van der Waals surface area contributed by atoms with Crippen LogP contribution in [0.15, 0.2) is 34.6 Å². The smallest absolute Gasteiger partial charge is 0.318 e. The fourth-order valence-corrected chi connectivity index (χ4v) is 2.67. The minimum Gasteiger partial charge on any atom is -0.465 e. The number of hydrogen-bond donors (Lipinski definition) is 1. The number of ether oxygens (including phenoxy) is 1. The maximum absolute atomic E-state index is 14.0. The molecule has 6 heteroatoms. The molecular weight excluding hydrogens is 307 g/mol. The van der Waals surface area contributed by atoms with E-state index in [1.165, 1.54) is 6.07 Å². The highest BCUT2D eigenvalue weighted by molar-refractivity contribution is 6.31. The fraction of sp³-hybridized carbons (Fsp3) is 0.375. The first kappa shape index (κ1) is 16.5. The fourth-order valence-electron chi connectivity index (χ4n) is 2.44. The molecule has 0 bridgehead atoms. The second-order valence-electron chi connectivity index (χ2n) is 5.08. The Balaban J connectivity index is 2.39. The number of halogens is 2. The Morgan fingerprint density at radius 3 is 2.82 bits per heavy atom. The van der Waals surface area contributed by atoms with E-state index in [9.17, 15) is 9.18 Å². The molecule has 0 aromatic heterocycles. The summed E-state index contributed by atoms with van der Waals surface area (Å²) in [6.45, 7) is 5.56. The largest absolute Gasteiger partial charge is 0.465 e. The highest BCUT2D eigenvalue weighted by atomic mass is 35.5. The maximum atomic E-state index is 14.0. The average molecular weight is 325 g/mol. The predicted molar refractivity (Wildman–Crippen MR) is 84.2 cm³/mol. The molecule has 22 heavy (non-hydrogen) atoms. The van der Waals surface area contributed by atoms with Crippen LogP contribution in [0.1, 0.15) is 26.3 Å². The van der Waals surface area contributed by atoms with E-state index in [0.717, 1.165) is 5.57 Å². The number of esters is 1. The molecule has 0 saturated carbocycles. The summed E-state index contributed by atoms with van der Waals surface area (Å²) in [6.07, 6.45) is 0.223. The summed E-state index contributed by atoms with van der Waals surface area (Å²) in [5.74, 6) is -1.39. The lowest BCUT2D eigenvalue weighted by molar-refractivity contribution is -0.144. The van der Waals surface area contributed by atoms with E-state index in [2.05, 4.69) is 10.5 Å². The number of benzene rings is 1. The van der Waals surface area contributed by atoms with Crippen molar-refractivity contribution in [3.8, 4) is 0 Å². The monoisotopic (exact) mass is 324 g/mol. The van der Waals surface area contributed by atoms with Crippen molar-refractivity contribution in [1.82, 2.24) is 5.43 Å². The van der Waals surface area contributed by atoms with Crippen molar-refractivity contribution in [2.45, 2.75) is 27.2 Å². The van der Waals surface area contributed by atoms with E-state index < -0.39 is 11.7 Å². The van der Waals surface area contributed by atoms with Gasteiger partial charge in [-0.2, -0.15) is 5.10 Å². The van der Waals surface area contributed by atoms with Crippen LogP contribution >= 0.6 is 11.6 Å². The molecule has 1 aromatic carbocycles. The van der Waals surface area contributed by atoms with Gasteiger partial charge in [-0.05, 0) is 38.5 Å².